The summed E-state index contributed by atoms with van der Waals surface area (Å²) in [5.74, 6) is -9.80. The third kappa shape index (κ3) is 8.88. The monoisotopic (exact) mass is 816 g/mol. The van der Waals surface area contributed by atoms with Crippen molar-refractivity contribution in [2.75, 3.05) is 40.6 Å². The highest BCUT2D eigenvalue weighted by molar-refractivity contribution is 5.88. The van der Waals surface area contributed by atoms with Crippen LogP contribution in [-0.2, 0) is 57.2 Å². The average molecular weight is 817 g/mol. The summed E-state index contributed by atoms with van der Waals surface area (Å²) < 4.78 is 35.0. The van der Waals surface area contributed by atoms with Gasteiger partial charge >= 0.3 is 35.8 Å². The van der Waals surface area contributed by atoms with Gasteiger partial charge in [-0.2, -0.15) is 0 Å². The number of hydrogen-bond donors (Lipinski definition) is 2. The van der Waals surface area contributed by atoms with Crippen LogP contribution < -0.4 is 0 Å². The number of carbonyl (C=O) groups is 6. The van der Waals surface area contributed by atoms with Gasteiger partial charge in [0.1, 0.15) is 11.8 Å². The van der Waals surface area contributed by atoms with Crippen molar-refractivity contribution in [2.45, 2.75) is 117 Å². The van der Waals surface area contributed by atoms with Gasteiger partial charge in [0.25, 0.3) is 0 Å². The van der Waals surface area contributed by atoms with E-state index in [2.05, 4.69) is 27.0 Å². The Morgan fingerprint density at radius 1 is 0.655 bits per heavy atom. The van der Waals surface area contributed by atoms with Crippen LogP contribution in [-0.4, -0.2) is 98.9 Å². The average Bonchev–Trinajstić information content (AvgIpc) is 3.15. The lowest BCUT2D eigenvalue weighted by Gasteiger charge is -2.58. The van der Waals surface area contributed by atoms with Crippen LogP contribution in [0.3, 0.4) is 0 Å². The quantitative estimate of drug-likeness (QED) is 0.181. The Labute approximate surface area is 341 Å². The molecule has 1 aliphatic heterocycles. The lowest BCUT2D eigenvalue weighted by molar-refractivity contribution is -0.185. The third-order valence-corrected chi connectivity index (χ3v) is 15.3. The van der Waals surface area contributed by atoms with Gasteiger partial charge in [0.05, 0.1) is 53.5 Å². The topological polar surface area (TPSA) is 198 Å². The van der Waals surface area contributed by atoms with Gasteiger partial charge in [-0.1, -0.05) is 64.8 Å². The highest BCUT2D eigenvalue weighted by atomic mass is 16.6. The summed E-state index contributed by atoms with van der Waals surface area (Å²) in [6.07, 6.45) is 2.48. The first kappa shape index (κ1) is 45.3. The van der Waals surface area contributed by atoms with Crippen molar-refractivity contribution in [3.8, 4) is 0 Å². The molecule has 14 nitrogen and oxygen atoms in total. The SMILES string of the molecule is C=C1CCC2C3(C)CCCC2(C)C1COC(C(=O)OC)C(CC(=O)O)C(=O)OCC1(C)CCCC2(C)C(COC(C(=O)OC)C(CC(=O)O)C(=O)OC3)C(=C)CCC12. The van der Waals surface area contributed by atoms with Gasteiger partial charge in [-0.05, 0) is 74.0 Å². The first-order valence-corrected chi connectivity index (χ1v) is 20.8. The second kappa shape index (κ2) is 17.8. The van der Waals surface area contributed by atoms with E-state index in [1.54, 1.807) is 0 Å². The fourth-order valence-corrected chi connectivity index (χ4v) is 12.1. The summed E-state index contributed by atoms with van der Waals surface area (Å²) in [6, 6.07) is 0. The van der Waals surface area contributed by atoms with Crippen LogP contribution in [0, 0.1) is 57.2 Å². The number of carbonyl (C=O) groups excluding carboxylic acids is 4. The minimum absolute atomic E-state index is 0.0485. The van der Waals surface area contributed by atoms with Crippen LogP contribution in [0.25, 0.3) is 0 Å². The first-order chi connectivity index (χ1) is 27.2. The molecule has 14 heteroatoms. The summed E-state index contributed by atoms with van der Waals surface area (Å²) in [6.45, 7) is 16.9. The van der Waals surface area contributed by atoms with Gasteiger partial charge < -0.3 is 38.6 Å². The number of aliphatic carboxylic acids is 2. The number of rotatable bonds is 6. The number of hydrogen-bond acceptors (Lipinski definition) is 12. The van der Waals surface area contributed by atoms with E-state index in [4.69, 9.17) is 28.4 Å². The Balaban J connectivity index is 1.59. The molecule has 12 unspecified atom stereocenters. The Morgan fingerprint density at radius 2 is 1.02 bits per heavy atom. The van der Waals surface area contributed by atoms with E-state index in [0.717, 1.165) is 51.0 Å². The Kier molecular flexibility index (Phi) is 13.9. The predicted molar refractivity (Wildman–Crippen MR) is 208 cm³/mol. The zero-order valence-electron chi connectivity index (χ0n) is 35.1. The molecule has 0 aromatic heterocycles. The third-order valence-electron chi connectivity index (χ3n) is 15.3. The van der Waals surface area contributed by atoms with Crippen molar-refractivity contribution in [3.63, 3.8) is 0 Å². The molecule has 0 aromatic rings. The molecule has 12 atom stereocenters. The van der Waals surface area contributed by atoms with Crippen LogP contribution in [0.4, 0.5) is 0 Å². The molecule has 58 heavy (non-hydrogen) atoms. The highest BCUT2D eigenvalue weighted by Gasteiger charge is 2.58. The lowest BCUT2D eigenvalue weighted by Crippen LogP contribution is -2.55. The van der Waals surface area contributed by atoms with Crippen molar-refractivity contribution >= 4 is 35.8 Å². The molecule has 0 radical (unpaired) electrons. The van der Waals surface area contributed by atoms with Crippen LogP contribution >= 0.6 is 0 Å². The van der Waals surface area contributed by atoms with E-state index in [0.29, 0.717) is 38.5 Å². The van der Waals surface area contributed by atoms with E-state index in [1.807, 2.05) is 13.8 Å². The molecular weight excluding hydrogens is 752 g/mol. The largest absolute Gasteiger partial charge is 0.481 e. The molecular formula is C44H64O14. The molecule has 8 bridgehead atoms. The molecule has 5 fully saturated rings. The van der Waals surface area contributed by atoms with Gasteiger partial charge in [-0.3, -0.25) is 19.2 Å². The smallest absolute Gasteiger partial charge is 0.335 e. The van der Waals surface area contributed by atoms with Crippen LogP contribution in [0.5, 0.6) is 0 Å². The first-order valence-electron chi connectivity index (χ1n) is 20.8. The minimum atomic E-state index is -1.56. The maximum Gasteiger partial charge on any atom is 0.335 e. The number of methoxy groups -OCH3 is 2. The summed E-state index contributed by atoms with van der Waals surface area (Å²) >= 11 is 0. The standard InChI is InChI=1S/C44H64O14/c1-25-11-13-31-41(3)15-9-17-43(31,5)29(25)21-55-35(39(51)53-7)27(19-33(45)46)37(49)58-24-42(4)16-10-18-44(6)30(26(2)12-14-32(42)44)22-56-36(40(52)54-8)28(20-34(47)48)38(50)57-23-41/h27-32,35-36H,1-2,9-24H2,3-8H3,(H,45,46)(H,47,48). The zero-order chi connectivity index (χ0) is 42.8. The van der Waals surface area contributed by atoms with Gasteiger partial charge in [0.15, 0.2) is 12.2 Å². The number of cyclic esters (lactones) is 2. The number of carboxylic acids is 2. The highest BCUT2D eigenvalue weighted by Crippen LogP contribution is 2.62. The van der Waals surface area contributed by atoms with E-state index >= 15 is 0 Å². The molecule has 0 spiro atoms. The minimum Gasteiger partial charge on any atom is -0.481 e. The van der Waals surface area contributed by atoms with E-state index in [9.17, 15) is 39.0 Å². The second-order valence-corrected chi connectivity index (χ2v) is 18.8. The molecule has 0 aromatic carbocycles. The Morgan fingerprint density at radius 3 is 1.34 bits per heavy atom. The maximum absolute atomic E-state index is 14.1. The molecule has 4 saturated carbocycles. The Bertz CT molecular complexity index is 1520. The predicted octanol–water partition coefficient (Wildman–Crippen LogP) is 5.94. The summed E-state index contributed by atoms with van der Waals surface area (Å²) in [4.78, 5) is 79.5. The molecule has 5 rings (SSSR count). The molecule has 0 amide bonds. The Hall–Kier alpha value is -3.78. The fourth-order valence-electron chi connectivity index (χ4n) is 12.1. The molecule has 4 aliphatic carbocycles. The van der Waals surface area contributed by atoms with Gasteiger partial charge in [-0.15, -0.1) is 0 Å². The van der Waals surface area contributed by atoms with Crippen LogP contribution in [0.1, 0.15) is 105 Å². The van der Waals surface area contributed by atoms with Crippen LogP contribution in [0.15, 0.2) is 24.3 Å². The molecule has 2 N–H and O–H groups in total. The van der Waals surface area contributed by atoms with Crippen molar-refractivity contribution in [3.05, 3.63) is 24.3 Å². The van der Waals surface area contributed by atoms with Crippen molar-refractivity contribution in [2.24, 2.45) is 57.2 Å². The molecule has 324 valence electrons. The zero-order valence-corrected chi connectivity index (χ0v) is 35.1. The van der Waals surface area contributed by atoms with Crippen molar-refractivity contribution in [1.82, 2.24) is 0 Å². The number of esters is 4. The van der Waals surface area contributed by atoms with Gasteiger partial charge in [0, 0.05) is 22.7 Å². The van der Waals surface area contributed by atoms with Gasteiger partial charge in [0.2, 0.25) is 0 Å². The number of carboxylic acid groups (broad SMARTS) is 2. The number of ether oxygens (including phenoxy) is 6. The van der Waals surface area contributed by atoms with Crippen molar-refractivity contribution in [1.29, 1.82) is 0 Å². The summed E-state index contributed by atoms with van der Waals surface area (Å²) in [7, 11) is 2.33. The summed E-state index contributed by atoms with van der Waals surface area (Å²) in [5, 5.41) is 20.0. The van der Waals surface area contributed by atoms with E-state index in [-0.39, 0.29) is 50.1 Å². The van der Waals surface area contributed by atoms with Gasteiger partial charge in [-0.25, -0.2) is 9.59 Å². The molecule has 5 aliphatic rings. The molecule has 1 heterocycles. The normalized spacial score (nSPS) is 40.4. The lowest BCUT2D eigenvalue weighted by atomic mass is 9.47. The fraction of sp³-hybridized carbons (Fsp3) is 0.773. The second-order valence-electron chi connectivity index (χ2n) is 18.8. The van der Waals surface area contributed by atoms with Crippen molar-refractivity contribution < 1.29 is 67.4 Å². The summed E-state index contributed by atoms with van der Waals surface area (Å²) in [5.41, 5.74) is -0.343. The maximum atomic E-state index is 14.1. The van der Waals surface area contributed by atoms with Crippen LogP contribution in [0.2, 0.25) is 0 Å². The van der Waals surface area contributed by atoms with E-state index in [1.165, 1.54) is 0 Å². The van der Waals surface area contributed by atoms with E-state index < -0.39 is 94.4 Å². The molecule has 1 saturated heterocycles.